The molecule has 1 atom stereocenters. The molecule has 8 heteroatoms. The van der Waals surface area contributed by atoms with Crippen molar-refractivity contribution in [2.45, 2.75) is 12.6 Å². The first kappa shape index (κ1) is 19.3. The summed E-state index contributed by atoms with van der Waals surface area (Å²) in [5, 5.41) is 1.12. The number of ether oxygens (including phenoxy) is 1. The van der Waals surface area contributed by atoms with Gasteiger partial charge >= 0.3 is 0 Å². The largest absolute Gasteiger partial charge is 0.373 e. The third-order valence-electron chi connectivity index (χ3n) is 5.67. The maximum atomic E-state index is 14.0. The number of para-hydroxylation sites is 1. The molecule has 0 bridgehead atoms. The highest BCUT2D eigenvalue weighted by atomic mass is 19.2. The van der Waals surface area contributed by atoms with E-state index < -0.39 is 23.2 Å². The van der Waals surface area contributed by atoms with Crippen molar-refractivity contribution in [3.05, 3.63) is 87.5 Å². The zero-order chi connectivity index (χ0) is 21.7. The summed E-state index contributed by atoms with van der Waals surface area (Å²) in [6.07, 6.45) is 1.51. The number of fused-ring (bicyclic) bond motifs is 4. The van der Waals surface area contributed by atoms with Crippen molar-refractivity contribution in [3.63, 3.8) is 0 Å². The van der Waals surface area contributed by atoms with E-state index in [9.17, 15) is 18.4 Å². The van der Waals surface area contributed by atoms with Crippen molar-refractivity contribution in [1.82, 2.24) is 14.9 Å². The van der Waals surface area contributed by atoms with Crippen LogP contribution in [0, 0.1) is 11.6 Å². The second kappa shape index (κ2) is 7.24. The van der Waals surface area contributed by atoms with Gasteiger partial charge in [0.05, 0.1) is 35.7 Å². The first-order valence-electron chi connectivity index (χ1n) is 9.67. The maximum Gasteiger partial charge on any atom is 0.256 e. The number of carbonyl (C=O) groups excluding carboxylic acids is 1. The molecule has 2 aromatic carbocycles. The van der Waals surface area contributed by atoms with Crippen molar-refractivity contribution in [3.8, 4) is 0 Å². The standard InChI is InChI=1S/C23H17F2N3O3/c1-28(23(30)13-6-12-4-2-3-5-18(12)26-9-13)20-11-31-10-19-21(20)14-7-16(24)17(25)8-15(14)22(29)27-19/h2-9,20H,10-11H2,1H3,(H,27,29)/t20-/m0/s1. The monoisotopic (exact) mass is 421 g/mol. The average molecular weight is 421 g/mol. The molecule has 1 amide bonds. The number of hydrogen-bond donors (Lipinski definition) is 1. The number of nitrogens with one attached hydrogen (secondary N) is 1. The minimum atomic E-state index is -1.10. The van der Waals surface area contributed by atoms with Gasteiger partial charge in [-0.25, -0.2) is 8.78 Å². The van der Waals surface area contributed by atoms with Crippen LogP contribution in [0.4, 0.5) is 8.78 Å². The van der Waals surface area contributed by atoms with Crippen LogP contribution >= 0.6 is 0 Å². The molecule has 4 aromatic rings. The first-order valence-corrected chi connectivity index (χ1v) is 9.67. The number of carbonyl (C=O) groups is 1. The molecule has 3 heterocycles. The predicted molar refractivity (Wildman–Crippen MR) is 111 cm³/mol. The Labute approximate surface area is 175 Å². The molecule has 1 aliphatic rings. The Hall–Kier alpha value is -3.65. The lowest BCUT2D eigenvalue weighted by molar-refractivity contribution is 0.0335. The van der Waals surface area contributed by atoms with Crippen molar-refractivity contribution in [2.75, 3.05) is 13.7 Å². The van der Waals surface area contributed by atoms with Gasteiger partial charge in [-0.15, -0.1) is 0 Å². The van der Waals surface area contributed by atoms with Crippen LogP contribution in [-0.2, 0) is 11.3 Å². The highest BCUT2D eigenvalue weighted by molar-refractivity contribution is 5.98. The number of pyridine rings is 2. The van der Waals surface area contributed by atoms with E-state index in [4.69, 9.17) is 4.74 Å². The third kappa shape index (κ3) is 3.16. The normalized spacial score (nSPS) is 15.8. The summed E-state index contributed by atoms with van der Waals surface area (Å²) in [5.74, 6) is -2.46. The van der Waals surface area contributed by atoms with Crippen LogP contribution in [0.1, 0.15) is 27.7 Å². The summed E-state index contributed by atoms with van der Waals surface area (Å²) in [7, 11) is 1.61. The second-order valence-corrected chi connectivity index (χ2v) is 7.52. The number of halogens is 2. The average Bonchev–Trinajstić information content (AvgIpc) is 2.78. The van der Waals surface area contributed by atoms with E-state index >= 15 is 0 Å². The number of H-pyrrole nitrogens is 1. The summed E-state index contributed by atoms with van der Waals surface area (Å²) >= 11 is 0. The van der Waals surface area contributed by atoms with E-state index in [2.05, 4.69) is 9.97 Å². The van der Waals surface area contributed by atoms with Crippen LogP contribution in [0.2, 0.25) is 0 Å². The molecule has 2 aromatic heterocycles. The number of nitrogens with zero attached hydrogens (tertiary/aromatic N) is 2. The van der Waals surface area contributed by atoms with Crippen LogP contribution in [0.3, 0.4) is 0 Å². The summed E-state index contributed by atoms with van der Waals surface area (Å²) in [6.45, 7) is 0.256. The molecule has 1 N–H and O–H groups in total. The van der Waals surface area contributed by atoms with Crippen LogP contribution in [-0.4, -0.2) is 34.4 Å². The van der Waals surface area contributed by atoms with E-state index in [0.717, 1.165) is 23.0 Å². The lowest BCUT2D eigenvalue weighted by Crippen LogP contribution is -2.37. The van der Waals surface area contributed by atoms with Gasteiger partial charge in [-0.3, -0.25) is 14.6 Å². The Morgan fingerprint density at radius 1 is 1.16 bits per heavy atom. The molecule has 31 heavy (non-hydrogen) atoms. The van der Waals surface area contributed by atoms with Gasteiger partial charge in [0, 0.05) is 29.9 Å². The molecular weight excluding hydrogens is 404 g/mol. The van der Waals surface area contributed by atoms with E-state index in [1.54, 1.807) is 13.1 Å². The van der Waals surface area contributed by atoms with Crippen LogP contribution in [0.15, 0.2) is 53.5 Å². The van der Waals surface area contributed by atoms with Crippen molar-refractivity contribution >= 4 is 27.6 Å². The van der Waals surface area contributed by atoms with Crippen LogP contribution < -0.4 is 5.56 Å². The Morgan fingerprint density at radius 3 is 2.71 bits per heavy atom. The Bertz CT molecular complexity index is 1420. The zero-order valence-electron chi connectivity index (χ0n) is 16.5. The Balaban J connectivity index is 1.61. The molecular formula is C23H17F2N3O3. The van der Waals surface area contributed by atoms with E-state index in [-0.39, 0.29) is 29.9 Å². The molecule has 0 radical (unpaired) electrons. The highest BCUT2D eigenvalue weighted by Gasteiger charge is 2.31. The number of aromatic nitrogens is 2. The molecule has 0 saturated heterocycles. The number of amides is 1. The van der Waals surface area contributed by atoms with Crippen molar-refractivity contribution in [1.29, 1.82) is 0 Å². The summed E-state index contributed by atoms with van der Waals surface area (Å²) in [5.41, 5.74) is 1.61. The van der Waals surface area contributed by atoms with E-state index in [0.29, 0.717) is 16.8 Å². The number of likely N-dealkylation sites (N-methyl/N-ethyl adjacent to an activating group) is 1. The number of hydrogen-bond acceptors (Lipinski definition) is 4. The maximum absolute atomic E-state index is 14.0. The number of aromatic amines is 1. The van der Waals surface area contributed by atoms with Gasteiger partial charge < -0.3 is 14.6 Å². The molecule has 1 aliphatic heterocycles. The summed E-state index contributed by atoms with van der Waals surface area (Å²) in [6, 6.07) is 10.5. The Morgan fingerprint density at radius 2 is 1.90 bits per heavy atom. The molecule has 156 valence electrons. The topological polar surface area (TPSA) is 75.3 Å². The van der Waals surface area contributed by atoms with Gasteiger partial charge in [0.15, 0.2) is 11.6 Å². The van der Waals surface area contributed by atoms with Gasteiger partial charge in [-0.2, -0.15) is 0 Å². The van der Waals surface area contributed by atoms with Gasteiger partial charge in [0.2, 0.25) is 0 Å². The highest BCUT2D eigenvalue weighted by Crippen LogP contribution is 2.34. The fourth-order valence-electron chi connectivity index (χ4n) is 4.08. The van der Waals surface area contributed by atoms with Gasteiger partial charge in [-0.1, -0.05) is 18.2 Å². The molecule has 0 spiro atoms. The van der Waals surface area contributed by atoms with E-state index in [1.807, 2.05) is 24.3 Å². The molecule has 0 saturated carbocycles. The fourth-order valence-corrected chi connectivity index (χ4v) is 4.08. The van der Waals surface area contributed by atoms with E-state index in [1.165, 1.54) is 11.1 Å². The summed E-state index contributed by atoms with van der Waals surface area (Å²) in [4.78, 5) is 34.1. The zero-order valence-corrected chi connectivity index (χ0v) is 16.5. The number of benzene rings is 2. The molecule has 0 fully saturated rings. The number of rotatable bonds is 2. The minimum Gasteiger partial charge on any atom is -0.373 e. The van der Waals surface area contributed by atoms with Gasteiger partial charge in [0.25, 0.3) is 11.5 Å². The lowest BCUT2D eigenvalue weighted by atomic mass is 9.95. The Kier molecular flexibility index (Phi) is 4.51. The molecule has 0 aliphatic carbocycles. The fraction of sp³-hybridized carbons (Fsp3) is 0.174. The van der Waals surface area contributed by atoms with Gasteiger partial charge in [0.1, 0.15) is 0 Å². The van der Waals surface area contributed by atoms with Crippen LogP contribution in [0.5, 0.6) is 0 Å². The van der Waals surface area contributed by atoms with Gasteiger partial charge in [-0.05, 0) is 29.7 Å². The molecule has 0 unspecified atom stereocenters. The van der Waals surface area contributed by atoms with Crippen molar-refractivity contribution in [2.24, 2.45) is 0 Å². The predicted octanol–water partition coefficient (Wildman–Crippen LogP) is 3.70. The first-order chi connectivity index (χ1) is 14.9. The summed E-state index contributed by atoms with van der Waals surface area (Å²) < 4.78 is 33.4. The SMILES string of the molecule is CN(C(=O)c1cnc2ccccc2c1)[C@H]1COCc2[nH]c(=O)c3cc(F)c(F)cc3c21. The lowest BCUT2D eigenvalue weighted by Gasteiger charge is -2.33. The second-order valence-electron chi connectivity index (χ2n) is 7.52. The van der Waals surface area contributed by atoms with Crippen molar-refractivity contribution < 1.29 is 18.3 Å². The minimum absolute atomic E-state index is 0.0257. The molecule has 6 nitrogen and oxygen atoms in total. The quantitative estimate of drug-likeness (QED) is 0.536. The smallest absolute Gasteiger partial charge is 0.256 e. The van der Waals surface area contributed by atoms with Crippen LogP contribution in [0.25, 0.3) is 21.7 Å². The molecule has 5 rings (SSSR count). The third-order valence-corrected chi connectivity index (χ3v) is 5.67.